The van der Waals surface area contributed by atoms with Crippen LogP contribution in [0, 0.1) is 0 Å². The fourth-order valence-corrected chi connectivity index (χ4v) is 1.09. The van der Waals surface area contributed by atoms with Gasteiger partial charge in [-0.05, 0) is 18.2 Å². The fourth-order valence-electron chi connectivity index (χ4n) is 1.09. The number of aromatic nitrogens is 3. The van der Waals surface area contributed by atoms with Gasteiger partial charge in [-0.2, -0.15) is 5.10 Å². The molecule has 4 nitrogen and oxygen atoms in total. The van der Waals surface area contributed by atoms with Crippen LogP contribution in [0.2, 0.25) is 0 Å². The van der Waals surface area contributed by atoms with Crippen molar-refractivity contribution in [2.24, 2.45) is 0 Å². The first kappa shape index (κ1) is 7.94. The number of rotatable bonds is 2. The highest BCUT2D eigenvalue weighted by atomic mass is 16.3. The molecule has 0 amide bonds. The first-order valence-electron chi connectivity index (χ1n) is 3.96. The Hall–Kier alpha value is -1.68. The Morgan fingerprint density at radius 2 is 2.15 bits per heavy atom. The van der Waals surface area contributed by atoms with Gasteiger partial charge in [-0.25, -0.2) is 4.68 Å². The molecule has 0 aliphatic heterocycles. The molecule has 66 valence electrons. The van der Waals surface area contributed by atoms with E-state index in [9.17, 15) is 0 Å². The van der Waals surface area contributed by atoms with E-state index in [1.807, 2.05) is 24.3 Å². The minimum absolute atomic E-state index is 0.104. The van der Waals surface area contributed by atoms with Crippen LogP contribution in [0.1, 0.15) is 0 Å². The van der Waals surface area contributed by atoms with Crippen LogP contribution in [-0.2, 0) is 6.73 Å². The molecule has 4 heteroatoms. The monoisotopic (exact) mass is 175 g/mol. The molecule has 0 atom stereocenters. The van der Waals surface area contributed by atoms with Gasteiger partial charge in [0.15, 0.2) is 0 Å². The zero-order valence-electron chi connectivity index (χ0n) is 6.96. The van der Waals surface area contributed by atoms with E-state index in [2.05, 4.69) is 10.1 Å². The molecule has 0 aliphatic carbocycles. The number of hydrogen-bond donors (Lipinski definition) is 1. The lowest BCUT2D eigenvalue weighted by molar-refractivity contribution is 0.195. The van der Waals surface area contributed by atoms with Crippen molar-refractivity contribution in [2.75, 3.05) is 0 Å². The number of nitrogens with zero attached hydrogens (tertiary/aromatic N) is 3. The van der Waals surface area contributed by atoms with E-state index < -0.39 is 0 Å². The summed E-state index contributed by atoms with van der Waals surface area (Å²) in [5, 5.41) is 12.9. The first-order chi connectivity index (χ1) is 6.40. The minimum Gasteiger partial charge on any atom is -0.374 e. The van der Waals surface area contributed by atoms with Gasteiger partial charge in [0.05, 0.1) is 5.69 Å². The summed E-state index contributed by atoms with van der Waals surface area (Å²) in [6.45, 7) is -0.104. The summed E-state index contributed by atoms with van der Waals surface area (Å²) in [7, 11) is 0. The molecule has 0 bridgehead atoms. The second-order valence-electron chi connectivity index (χ2n) is 2.60. The standard InChI is InChI=1S/C9H9N3O/c13-7-12-6-4-9(11-12)8-3-1-2-5-10-8/h1-6,13H,7H2. The van der Waals surface area contributed by atoms with Gasteiger partial charge in [-0.3, -0.25) is 4.98 Å². The minimum atomic E-state index is -0.104. The molecule has 2 rings (SSSR count). The molecule has 2 aromatic rings. The quantitative estimate of drug-likeness (QED) is 0.737. The summed E-state index contributed by atoms with van der Waals surface area (Å²) in [4.78, 5) is 4.14. The lowest BCUT2D eigenvalue weighted by Crippen LogP contribution is -1.96. The average molecular weight is 175 g/mol. The van der Waals surface area contributed by atoms with Gasteiger partial charge in [-0.15, -0.1) is 0 Å². The van der Waals surface area contributed by atoms with Crippen molar-refractivity contribution in [3.05, 3.63) is 36.7 Å². The molecule has 2 heterocycles. The van der Waals surface area contributed by atoms with Gasteiger partial charge < -0.3 is 5.11 Å². The van der Waals surface area contributed by atoms with Crippen molar-refractivity contribution in [3.8, 4) is 11.4 Å². The summed E-state index contributed by atoms with van der Waals surface area (Å²) in [5.41, 5.74) is 1.59. The largest absolute Gasteiger partial charge is 0.374 e. The van der Waals surface area contributed by atoms with E-state index in [0.717, 1.165) is 11.4 Å². The molecule has 0 aliphatic rings. The Labute approximate surface area is 75.5 Å². The maximum atomic E-state index is 8.78. The maximum absolute atomic E-state index is 8.78. The predicted molar refractivity (Wildman–Crippen MR) is 47.7 cm³/mol. The van der Waals surface area contributed by atoms with Crippen molar-refractivity contribution in [1.82, 2.24) is 14.8 Å². The zero-order valence-corrected chi connectivity index (χ0v) is 6.96. The second-order valence-corrected chi connectivity index (χ2v) is 2.60. The highest BCUT2D eigenvalue weighted by molar-refractivity contribution is 5.52. The maximum Gasteiger partial charge on any atom is 0.136 e. The summed E-state index contributed by atoms with van der Waals surface area (Å²) >= 11 is 0. The molecular formula is C9H9N3O. The van der Waals surface area contributed by atoms with Crippen LogP contribution >= 0.6 is 0 Å². The summed E-state index contributed by atoms with van der Waals surface area (Å²) in [5.74, 6) is 0. The lowest BCUT2D eigenvalue weighted by Gasteiger charge is -1.94. The van der Waals surface area contributed by atoms with Crippen LogP contribution in [0.3, 0.4) is 0 Å². The Morgan fingerprint density at radius 1 is 1.23 bits per heavy atom. The highest BCUT2D eigenvalue weighted by Crippen LogP contribution is 2.12. The molecule has 0 unspecified atom stereocenters. The van der Waals surface area contributed by atoms with Crippen LogP contribution < -0.4 is 0 Å². The summed E-state index contributed by atoms with van der Waals surface area (Å²) < 4.78 is 1.45. The first-order valence-corrected chi connectivity index (χ1v) is 3.96. The Kier molecular flexibility index (Phi) is 2.06. The average Bonchev–Trinajstić information content (AvgIpc) is 2.67. The van der Waals surface area contributed by atoms with E-state index in [1.165, 1.54) is 4.68 Å². The molecule has 0 radical (unpaired) electrons. The third-order valence-electron chi connectivity index (χ3n) is 1.71. The molecule has 1 N–H and O–H groups in total. The van der Waals surface area contributed by atoms with Crippen molar-refractivity contribution >= 4 is 0 Å². The molecule has 0 fully saturated rings. The zero-order chi connectivity index (χ0) is 9.10. The van der Waals surface area contributed by atoms with Crippen molar-refractivity contribution in [2.45, 2.75) is 6.73 Å². The third-order valence-corrected chi connectivity index (χ3v) is 1.71. The van der Waals surface area contributed by atoms with E-state index in [-0.39, 0.29) is 6.73 Å². The van der Waals surface area contributed by atoms with Gasteiger partial charge in [-0.1, -0.05) is 6.07 Å². The Bertz CT molecular complexity index is 383. The number of aliphatic hydroxyl groups excluding tert-OH is 1. The predicted octanol–water partition coefficient (Wildman–Crippen LogP) is 0.895. The van der Waals surface area contributed by atoms with Crippen LogP contribution in [0.25, 0.3) is 11.4 Å². The summed E-state index contributed by atoms with van der Waals surface area (Å²) in [6.07, 6.45) is 3.43. The highest BCUT2D eigenvalue weighted by Gasteiger charge is 2.00. The van der Waals surface area contributed by atoms with Crippen LogP contribution in [0.5, 0.6) is 0 Å². The third kappa shape index (κ3) is 1.57. The Balaban J connectivity index is 2.36. The lowest BCUT2D eigenvalue weighted by atomic mass is 10.3. The number of pyridine rings is 1. The molecule has 0 aromatic carbocycles. The van der Waals surface area contributed by atoms with Gasteiger partial charge in [0.2, 0.25) is 0 Å². The topological polar surface area (TPSA) is 50.9 Å². The summed E-state index contributed by atoms with van der Waals surface area (Å²) in [6, 6.07) is 7.45. The molecule has 0 saturated carbocycles. The molecular weight excluding hydrogens is 166 g/mol. The van der Waals surface area contributed by atoms with Gasteiger partial charge in [0, 0.05) is 12.4 Å². The van der Waals surface area contributed by atoms with Crippen molar-refractivity contribution < 1.29 is 5.11 Å². The molecule has 0 saturated heterocycles. The van der Waals surface area contributed by atoms with E-state index in [0.29, 0.717) is 0 Å². The van der Waals surface area contributed by atoms with E-state index >= 15 is 0 Å². The normalized spacial score (nSPS) is 10.2. The second kappa shape index (κ2) is 3.37. The van der Waals surface area contributed by atoms with Crippen molar-refractivity contribution in [1.29, 1.82) is 0 Å². The molecule has 2 aromatic heterocycles. The number of hydrogen-bond acceptors (Lipinski definition) is 3. The van der Waals surface area contributed by atoms with Crippen LogP contribution in [0.15, 0.2) is 36.7 Å². The van der Waals surface area contributed by atoms with Crippen LogP contribution in [0.4, 0.5) is 0 Å². The number of aliphatic hydroxyl groups is 1. The smallest absolute Gasteiger partial charge is 0.136 e. The fraction of sp³-hybridized carbons (Fsp3) is 0.111. The molecule has 13 heavy (non-hydrogen) atoms. The SMILES string of the molecule is OCn1ccc(-c2ccccn2)n1. The van der Waals surface area contributed by atoms with Crippen molar-refractivity contribution in [3.63, 3.8) is 0 Å². The van der Waals surface area contributed by atoms with Crippen LogP contribution in [-0.4, -0.2) is 19.9 Å². The Morgan fingerprint density at radius 3 is 2.77 bits per heavy atom. The van der Waals surface area contributed by atoms with Gasteiger partial charge in [0.25, 0.3) is 0 Å². The van der Waals surface area contributed by atoms with E-state index in [1.54, 1.807) is 12.4 Å². The van der Waals surface area contributed by atoms with Gasteiger partial charge >= 0.3 is 0 Å². The molecule has 0 spiro atoms. The van der Waals surface area contributed by atoms with E-state index in [4.69, 9.17) is 5.11 Å². The van der Waals surface area contributed by atoms with Gasteiger partial charge in [0.1, 0.15) is 12.4 Å².